The van der Waals surface area contributed by atoms with Crippen LogP contribution in [-0.4, -0.2) is 29.1 Å². The standard InChI is InChI=1S/C20H23N3O2/c1-4-23(13-19(24)17-9-5-14(2)6-10-17)20(25)22-18-11-16(12-21)8-7-15(18)3/h5-11,19,24H,4,13H2,1-3H3,(H,22,25). The van der Waals surface area contributed by atoms with E-state index in [1.165, 1.54) is 0 Å². The summed E-state index contributed by atoms with van der Waals surface area (Å²) in [4.78, 5) is 14.1. The van der Waals surface area contributed by atoms with Crippen molar-refractivity contribution < 1.29 is 9.90 Å². The molecule has 1 atom stereocenters. The number of urea groups is 1. The predicted molar refractivity (Wildman–Crippen MR) is 98.3 cm³/mol. The van der Waals surface area contributed by atoms with Crippen molar-refractivity contribution in [3.63, 3.8) is 0 Å². The Morgan fingerprint density at radius 2 is 1.92 bits per heavy atom. The molecular weight excluding hydrogens is 314 g/mol. The van der Waals surface area contributed by atoms with E-state index in [4.69, 9.17) is 5.26 Å². The van der Waals surface area contributed by atoms with Crippen molar-refractivity contribution in [1.29, 1.82) is 5.26 Å². The molecule has 0 fully saturated rings. The minimum atomic E-state index is -0.752. The molecule has 5 heteroatoms. The van der Waals surface area contributed by atoms with Crippen LogP contribution in [0.5, 0.6) is 0 Å². The van der Waals surface area contributed by atoms with Crippen LogP contribution in [0.3, 0.4) is 0 Å². The molecule has 0 aliphatic heterocycles. The van der Waals surface area contributed by atoms with E-state index in [2.05, 4.69) is 11.4 Å². The summed E-state index contributed by atoms with van der Waals surface area (Å²) in [5, 5.41) is 22.2. The Hall–Kier alpha value is -2.84. The summed E-state index contributed by atoms with van der Waals surface area (Å²) in [6, 6.07) is 14.5. The fourth-order valence-electron chi connectivity index (χ4n) is 2.48. The Kier molecular flexibility index (Phi) is 6.15. The van der Waals surface area contributed by atoms with E-state index in [-0.39, 0.29) is 12.6 Å². The maximum absolute atomic E-state index is 12.5. The van der Waals surface area contributed by atoms with Crippen molar-refractivity contribution in [2.75, 3.05) is 18.4 Å². The summed E-state index contributed by atoms with van der Waals surface area (Å²) in [7, 11) is 0. The van der Waals surface area contributed by atoms with E-state index in [1.807, 2.05) is 45.0 Å². The number of hydrogen-bond acceptors (Lipinski definition) is 3. The number of benzene rings is 2. The molecule has 0 aliphatic carbocycles. The van der Waals surface area contributed by atoms with Crippen molar-refractivity contribution in [3.8, 4) is 6.07 Å². The van der Waals surface area contributed by atoms with Crippen LogP contribution in [-0.2, 0) is 0 Å². The number of carbonyl (C=O) groups excluding carboxylic acids is 1. The highest BCUT2D eigenvalue weighted by molar-refractivity contribution is 5.90. The largest absolute Gasteiger partial charge is 0.387 e. The lowest BCUT2D eigenvalue weighted by atomic mass is 10.1. The number of aryl methyl sites for hydroxylation is 2. The average molecular weight is 337 g/mol. The Labute approximate surface area is 148 Å². The van der Waals surface area contributed by atoms with Gasteiger partial charge in [0.25, 0.3) is 0 Å². The number of hydrogen-bond donors (Lipinski definition) is 2. The van der Waals surface area contributed by atoms with Gasteiger partial charge in [0, 0.05) is 12.2 Å². The van der Waals surface area contributed by atoms with Crippen LogP contribution >= 0.6 is 0 Å². The first-order valence-corrected chi connectivity index (χ1v) is 8.26. The van der Waals surface area contributed by atoms with Gasteiger partial charge in [0.15, 0.2) is 0 Å². The fourth-order valence-corrected chi connectivity index (χ4v) is 2.48. The van der Waals surface area contributed by atoms with Gasteiger partial charge >= 0.3 is 6.03 Å². The second-order valence-corrected chi connectivity index (χ2v) is 6.04. The van der Waals surface area contributed by atoms with Crippen molar-refractivity contribution in [1.82, 2.24) is 4.90 Å². The van der Waals surface area contributed by atoms with Gasteiger partial charge in [0.1, 0.15) is 0 Å². The Morgan fingerprint density at radius 1 is 1.24 bits per heavy atom. The molecule has 0 saturated heterocycles. The van der Waals surface area contributed by atoms with Gasteiger partial charge < -0.3 is 15.3 Å². The molecule has 5 nitrogen and oxygen atoms in total. The molecule has 0 radical (unpaired) electrons. The van der Waals surface area contributed by atoms with Gasteiger partial charge in [-0.15, -0.1) is 0 Å². The smallest absolute Gasteiger partial charge is 0.321 e. The van der Waals surface area contributed by atoms with Crippen LogP contribution in [0.1, 0.15) is 35.3 Å². The summed E-state index contributed by atoms with van der Waals surface area (Å²) in [5.74, 6) is 0. The highest BCUT2D eigenvalue weighted by atomic mass is 16.3. The van der Waals surface area contributed by atoms with Crippen LogP contribution in [0.2, 0.25) is 0 Å². The number of carbonyl (C=O) groups is 1. The molecule has 2 rings (SSSR count). The van der Waals surface area contributed by atoms with Crippen LogP contribution in [0, 0.1) is 25.2 Å². The first kappa shape index (κ1) is 18.5. The Morgan fingerprint density at radius 3 is 2.52 bits per heavy atom. The van der Waals surface area contributed by atoms with Gasteiger partial charge in [-0.3, -0.25) is 0 Å². The molecule has 0 heterocycles. The highest BCUT2D eigenvalue weighted by Crippen LogP contribution is 2.19. The Balaban J connectivity index is 2.08. The number of aliphatic hydroxyl groups excluding tert-OH is 1. The summed E-state index contributed by atoms with van der Waals surface area (Å²) in [6.07, 6.45) is -0.752. The number of likely N-dealkylation sites (N-methyl/N-ethyl adjacent to an activating group) is 1. The molecule has 25 heavy (non-hydrogen) atoms. The first-order chi connectivity index (χ1) is 11.9. The van der Waals surface area contributed by atoms with Gasteiger partial charge in [-0.2, -0.15) is 5.26 Å². The highest BCUT2D eigenvalue weighted by Gasteiger charge is 2.18. The summed E-state index contributed by atoms with van der Waals surface area (Å²) >= 11 is 0. The van der Waals surface area contributed by atoms with Crippen molar-refractivity contribution >= 4 is 11.7 Å². The van der Waals surface area contributed by atoms with E-state index in [0.29, 0.717) is 17.8 Å². The number of anilines is 1. The third-order valence-corrected chi connectivity index (χ3v) is 4.13. The molecule has 2 aromatic carbocycles. The van der Waals surface area contributed by atoms with Crippen molar-refractivity contribution in [2.45, 2.75) is 26.9 Å². The quantitative estimate of drug-likeness (QED) is 0.872. The van der Waals surface area contributed by atoms with Gasteiger partial charge in [0.2, 0.25) is 0 Å². The molecule has 130 valence electrons. The number of aliphatic hydroxyl groups is 1. The van der Waals surface area contributed by atoms with Crippen LogP contribution in [0.15, 0.2) is 42.5 Å². The van der Waals surface area contributed by atoms with Crippen LogP contribution < -0.4 is 5.32 Å². The molecule has 2 N–H and O–H groups in total. The second kappa shape index (κ2) is 8.32. The number of rotatable bonds is 5. The van der Waals surface area contributed by atoms with E-state index in [9.17, 15) is 9.90 Å². The Bertz CT molecular complexity index is 779. The maximum atomic E-state index is 12.5. The zero-order valence-corrected chi connectivity index (χ0v) is 14.8. The minimum absolute atomic E-state index is 0.197. The second-order valence-electron chi connectivity index (χ2n) is 6.04. The summed E-state index contributed by atoms with van der Waals surface area (Å²) < 4.78 is 0. The molecule has 1 unspecified atom stereocenters. The van der Waals surface area contributed by atoms with Crippen LogP contribution in [0.25, 0.3) is 0 Å². The molecule has 0 aliphatic rings. The molecule has 2 amide bonds. The number of amides is 2. The van der Waals surface area contributed by atoms with Crippen molar-refractivity contribution in [2.24, 2.45) is 0 Å². The van der Waals surface area contributed by atoms with Gasteiger partial charge in [-0.1, -0.05) is 35.9 Å². The van der Waals surface area contributed by atoms with E-state index in [0.717, 1.165) is 16.7 Å². The number of nitriles is 1. The van der Waals surface area contributed by atoms with Gasteiger partial charge in [-0.05, 0) is 44.0 Å². The SMILES string of the molecule is CCN(CC(O)c1ccc(C)cc1)C(=O)Nc1cc(C#N)ccc1C. The fraction of sp³-hybridized carbons (Fsp3) is 0.300. The molecule has 0 bridgehead atoms. The normalized spacial score (nSPS) is 11.5. The monoisotopic (exact) mass is 337 g/mol. The van der Waals surface area contributed by atoms with E-state index >= 15 is 0 Å². The van der Waals surface area contributed by atoms with E-state index in [1.54, 1.807) is 23.1 Å². The summed E-state index contributed by atoms with van der Waals surface area (Å²) in [5.41, 5.74) is 3.87. The number of nitrogens with zero attached hydrogens (tertiary/aromatic N) is 2. The van der Waals surface area contributed by atoms with Gasteiger partial charge in [-0.25, -0.2) is 4.79 Å². The number of nitrogens with one attached hydrogen (secondary N) is 1. The maximum Gasteiger partial charge on any atom is 0.321 e. The third kappa shape index (κ3) is 4.82. The predicted octanol–water partition coefficient (Wildman–Crippen LogP) is 3.76. The van der Waals surface area contributed by atoms with E-state index < -0.39 is 6.10 Å². The zero-order chi connectivity index (χ0) is 18.4. The molecule has 0 aromatic heterocycles. The molecule has 0 spiro atoms. The van der Waals surface area contributed by atoms with Gasteiger partial charge in [0.05, 0.1) is 24.3 Å². The lowest BCUT2D eigenvalue weighted by molar-refractivity contribution is 0.128. The first-order valence-electron chi connectivity index (χ1n) is 8.26. The molecular formula is C20H23N3O2. The minimum Gasteiger partial charge on any atom is -0.387 e. The van der Waals surface area contributed by atoms with Crippen LogP contribution in [0.4, 0.5) is 10.5 Å². The summed E-state index contributed by atoms with van der Waals surface area (Å²) in [6.45, 7) is 6.38. The molecule has 0 saturated carbocycles. The average Bonchev–Trinajstić information content (AvgIpc) is 2.61. The zero-order valence-electron chi connectivity index (χ0n) is 14.8. The third-order valence-electron chi connectivity index (χ3n) is 4.13. The molecule has 2 aromatic rings. The lowest BCUT2D eigenvalue weighted by Gasteiger charge is -2.25. The lowest BCUT2D eigenvalue weighted by Crippen LogP contribution is -2.38. The van der Waals surface area contributed by atoms with Crippen molar-refractivity contribution in [3.05, 3.63) is 64.7 Å². The topological polar surface area (TPSA) is 76.4 Å².